The van der Waals surface area contributed by atoms with Crippen molar-refractivity contribution >= 4 is 11.9 Å². The number of nitrogens with one attached hydrogen (secondary N) is 1. The van der Waals surface area contributed by atoms with Crippen LogP contribution >= 0.6 is 0 Å². The number of rotatable bonds is 5. The predicted molar refractivity (Wildman–Crippen MR) is 117 cm³/mol. The first kappa shape index (κ1) is 21.0. The van der Waals surface area contributed by atoms with Crippen LogP contribution in [0.4, 0.5) is 5.95 Å². The fraction of sp³-hybridized carbons (Fsp3) is 0.500. The molecule has 0 radical (unpaired) electrons. The highest BCUT2D eigenvalue weighted by Crippen LogP contribution is 2.14. The zero-order valence-corrected chi connectivity index (χ0v) is 17.9. The molecule has 1 saturated heterocycles. The summed E-state index contributed by atoms with van der Waals surface area (Å²) >= 11 is 0. The molecule has 0 saturated carbocycles. The van der Waals surface area contributed by atoms with Crippen LogP contribution in [-0.2, 0) is 17.9 Å². The largest absolute Gasteiger partial charge is 0.371 e. The molecular formula is C22H32N6O. The lowest BCUT2D eigenvalue weighted by Gasteiger charge is -2.36. The van der Waals surface area contributed by atoms with E-state index in [1.807, 2.05) is 13.1 Å². The Bertz CT molecular complexity index is 794. The molecule has 0 bridgehead atoms. The maximum Gasteiger partial charge on any atom is 0.225 e. The number of aromatic nitrogens is 2. The summed E-state index contributed by atoms with van der Waals surface area (Å²) in [5, 5.41) is 3.49. The minimum absolute atomic E-state index is 0.136. The van der Waals surface area contributed by atoms with E-state index in [2.05, 4.69) is 75.1 Å². The Morgan fingerprint density at radius 2 is 1.76 bits per heavy atom. The minimum atomic E-state index is -0.136. The van der Waals surface area contributed by atoms with E-state index in [1.54, 1.807) is 12.4 Å². The fourth-order valence-electron chi connectivity index (χ4n) is 3.22. The lowest BCUT2D eigenvalue weighted by molar-refractivity contribution is -0.0149. The summed E-state index contributed by atoms with van der Waals surface area (Å²) in [5.41, 5.74) is 2.27. The van der Waals surface area contributed by atoms with Crippen LogP contribution in [0.1, 0.15) is 31.9 Å². The van der Waals surface area contributed by atoms with Crippen molar-refractivity contribution in [3.63, 3.8) is 0 Å². The Kier molecular flexibility index (Phi) is 7.04. The lowest BCUT2D eigenvalue weighted by atomic mass is 10.1. The molecule has 0 spiro atoms. The van der Waals surface area contributed by atoms with Crippen molar-refractivity contribution < 1.29 is 4.74 Å². The molecule has 1 N–H and O–H groups in total. The second-order valence-corrected chi connectivity index (χ2v) is 8.14. The number of guanidine groups is 1. The van der Waals surface area contributed by atoms with Crippen molar-refractivity contribution in [1.29, 1.82) is 0 Å². The Morgan fingerprint density at radius 3 is 2.41 bits per heavy atom. The molecule has 1 aromatic heterocycles. The van der Waals surface area contributed by atoms with Crippen LogP contribution in [0.15, 0.2) is 47.7 Å². The molecule has 3 rings (SSSR count). The fourth-order valence-corrected chi connectivity index (χ4v) is 3.22. The summed E-state index contributed by atoms with van der Waals surface area (Å²) < 4.78 is 5.89. The first-order valence-corrected chi connectivity index (χ1v) is 10.1. The van der Waals surface area contributed by atoms with Gasteiger partial charge in [0.05, 0.1) is 12.2 Å². The number of nitrogens with zero attached hydrogens (tertiary/aromatic N) is 5. The van der Waals surface area contributed by atoms with E-state index in [0.29, 0.717) is 6.61 Å². The van der Waals surface area contributed by atoms with Crippen molar-refractivity contribution in [1.82, 2.24) is 20.2 Å². The van der Waals surface area contributed by atoms with Gasteiger partial charge in [-0.25, -0.2) is 9.97 Å². The standard InChI is InChI=1S/C22H32N6O/c1-22(2,3)29-17-19-8-5-7-18(15-19)16-26-20(23-4)27-11-13-28(14-12-27)21-24-9-6-10-25-21/h5-10,15H,11-14,16-17H2,1-4H3,(H,23,26). The molecule has 0 amide bonds. The molecule has 1 aromatic carbocycles. The number of ether oxygens (including phenoxy) is 1. The van der Waals surface area contributed by atoms with Gasteiger partial charge in [0, 0.05) is 52.2 Å². The summed E-state index contributed by atoms with van der Waals surface area (Å²) in [7, 11) is 1.84. The summed E-state index contributed by atoms with van der Waals surface area (Å²) in [6, 6.07) is 10.4. The number of hydrogen-bond donors (Lipinski definition) is 1. The summed E-state index contributed by atoms with van der Waals surface area (Å²) in [6.45, 7) is 11.1. The van der Waals surface area contributed by atoms with Gasteiger partial charge >= 0.3 is 0 Å². The van der Waals surface area contributed by atoms with Gasteiger partial charge in [-0.15, -0.1) is 0 Å². The van der Waals surface area contributed by atoms with Gasteiger partial charge in [0.2, 0.25) is 5.95 Å². The molecule has 7 heteroatoms. The van der Waals surface area contributed by atoms with Crippen LogP contribution < -0.4 is 10.2 Å². The number of benzene rings is 1. The highest BCUT2D eigenvalue weighted by Gasteiger charge is 2.21. The zero-order chi connectivity index (χ0) is 20.7. The molecule has 156 valence electrons. The predicted octanol–water partition coefficient (Wildman–Crippen LogP) is 2.69. The van der Waals surface area contributed by atoms with E-state index in [0.717, 1.165) is 44.6 Å². The second kappa shape index (κ2) is 9.69. The van der Waals surface area contributed by atoms with Crippen molar-refractivity contribution in [2.75, 3.05) is 38.1 Å². The maximum absolute atomic E-state index is 5.89. The molecule has 0 unspecified atom stereocenters. The molecule has 2 heterocycles. The molecule has 1 aliphatic heterocycles. The first-order chi connectivity index (χ1) is 13.9. The van der Waals surface area contributed by atoms with Crippen LogP contribution in [0.5, 0.6) is 0 Å². The van der Waals surface area contributed by atoms with Crippen molar-refractivity contribution in [3.8, 4) is 0 Å². The van der Waals surface area contributed by atoms with Gasteiger partial charge in [-0.3, -0.25) is 4.99 Å². The molecule has 0 aliphatic carbocycles. The monoisotopic (exact) mass is 396 g/mol. The van der Waals surface area contributed by atoms with Crippen molar-refractivity contribution in [2.45, 2.75) is 39.5 Å². The van der Waals surface area contributed by atoms with E-state index >= 15 is 0 Å². The van der Waals surface area contributed by atoms with Crippen LogP contribution in [-0.4, -0.2) is 59.7 Å². The maximum atomic E-state index is 5.89. The Balaban J connectivity index is 1.51. The van der Waals surface area contributed by atoms with E-state index in [1.165, 1.54) is 11.1 Å². The topological polar surface area (TPSA) is 65.9 Å². The number of anilines is 1. The second-order valence-electron chi connectivity index (χ2n) is 8.14. The van der Waals surface area contributed by atoms with E-state index in [9.17, 15) is 0 Å². The average molecular weight is 397 g/mol. The molecule has 0 atom stereocenters. The molecule has 2 aromatic rings. The molecule has 1 aliphatic rings. The van der Waals surface area contributed by atoms with Gasteiger partial charge in [0.15, 0.2) is 5.96 Å². The third-order valence-electron chi connectivity index (χ3n) is 4.74. The smallest absolute Gasteiger partial charge is 0.225 e. The Hall–Kier alpha value is -2.67. The number of aliphatic imine (C=N–C) groups is 1. The Morgan fingerprint density at radius 1 is 1.07 bits per heavy atom. The van der Waals surface area contributed by atoms with Gasteiger partial charge < -0.3 is 19.9 Å². The van der Waals surface area contributed by atoms with Gasteiger partial charge in [-0.05, 0) is 38.0 Å². The normalized spacial score (nSPS) is 15.5. The average Bonchev–Trinajstić information content (AvgIpc) is 2.74. The molecular weight excluding hydrogens is 364 g/mol. The van der Waals surface area contributed by atoms with Crippen LogP contribution in [0.25, 0.3) is 0 Å². The zero-order valence-electron chi connectivity index (χ0n) is 17.9. The molecule has 7 nitrogen and oxygen atoms in total. The van der Waals surface area contributed by atoms with E-state index < -0.39 is 0 Å². The minimum Gasteiger partial charge on any atom is -0.371 e. The van der Waals surface area contributed by atoms with Gasteiger partial charge in [0.25, 0.3) is 0 Å². The summed E-state index contributed by atoms with van der Waals surface area (Å²) in [6.07, 6.45) is 3.58. The number of hydrogen-bond acceptors (Lipinski definition) is 5. The first-order valence-electron chi connectivity index (χ1n) is 10.1. The van der Waals surface area contributed by atoms with Crippen LogP contribution in [0, 0.1) is 0 Å². The summed E-state index contributed by atoms with van der Waals surface area (Å²) in [5.74, 6) is 1.72. The number of piperazine rings is 1. The van der Waals surface area contributed by atoms with E-state index in [-0.39, 0.29) is 5.60 Å². The van der Waals surface area contributed by atoms with E-state index in [4.69, 9.17) is 4.74 Å². The van der Waals surface area contributed by atoms with Gasteiger partial charge in [-0.1, -0.05) is 24.3 Å². The summed E-state index contributed by atoms with van der Waals surface area (Å²) in [4.78, 5) is 17.7. The van der Waals surface area contributed by atoms with Crippen molar-refractivity contribution in [3.05, 3.63) is 53.9 Å². The van der Waals surface area contributed by atoms with Crippen LogP contribution in [0.3, 0.4) is 0 Å². The highest BCUT2D eigenvalue weighted by molar-refractivity contribution is 5.80. The third-order valence-corrected chi connectivity index (χ3v) is 4.74. The lowest BCUT2D eigenvalue weighted by Crippen LogP contribution is -2.52. The van der Waals surface area contributed by atoms with Crippen LogP contribution in [0.2, 0.25) is 0 Å². The van der Waals surface area contributed by atoms with Gasteiger partial charge in [-0.2, -0.15) is 0 Å². The van der Waals surface area contributed by atoms with Crippen molar-refractivity contribution in [2.24, 2.45) is 4.99 Å². The quantitative estimate of drug-likeness (QED) is 0.619. The molecule has 1 fully saturated rings. The molecule has 29 heavy (non-hydrogen) atoms. The Labute approximate surface area is 173 Å². The van der Waals surface area contributed by atoms with Gasteiger partial charge in [0.1, 0.15) is 0 Å². The highest BCUT2D eigenvalue weighted by atomic mass is 16.5. The third kappa shape index (κ3) is 6.42. The SMILES string of the molecule is CN=C(NCc1cccc(COC(C)(C)C)c1)N1CCN(c2ncccn2)CC1.